The molecule has 4 rings (SSSR count). The van der Waals surface area contributed by atoms with E-state index in [9.17, 15) is 5.26 Å². The number of nitrogens with two attached hydrogens (primary N) is 2. The molecule has 5 nitrogen and oxygen atoms in total. The molecule has 0 radical (unpaired) electrons. The Kier molecular flexibility index (Phi) is 3.04. The van der Waals surface area contributed by atoms with Crippen molar-refractivity contribution in [1.29, 1.82) is 5.26 Å². The van der Waals surface area contributed by atoms with Gasteiger partial charge < -0.3 is 11.5 Å². The second-order valence-electron chi connectivity index (χ2n) is 5.50. The highest BCUT2D eigenvalue weighted by Gasteiger charge is 2.18. The molecule has 4 N–H and O–H groups in total. The lowest BCUT2D eigenvalue weighted by Crippen LogP contribution is -2.05. The Bertz CT molecular complexity index is 1090. The summed E-state index contributed by atoms with van der Waals surface area (Å²) in [6.45, 7) is 0. The van der Waals surface area contributed by atoms with Gasteiger partial charge in [0.2, 0.25) is 5.95 Å². The van der Waals surface area contributed by atoms with Gasteiger partial charge in [-0.25, -0.2) is 4.98 Å². The van der Waals surface area contributed by atoms with Crippen LogP contribution >= 0.6 is 0 Å². The Morgan fingerprint density at radius 1 is 0.833 bits per heavy atom. The Morgan fingerprint density at radius 2 is 1.42 bits per heavy atom. The van der Waals surface area contributed by atoms with Gasteiger partial charge >= 0.3 is 0 Å². The molecular formula is C19H13N5. The fourth-order valence-corrected chi connectivity index (χ4v) is 3.06. The summed E-state index contributed by atoms with van der Waals surface area (Å²) < 4.78 is 0. The Hall–Kier alpha value is -3.65. The fourth-order valence-electron chi connectivity index (χ4n) is 3.06. The van der Waals surface area contributed by atoms with Crippen LogP contribution in [-0.2, 0) is 0 Å². The van der Waals surface area contributed by atoms with Gasteiger partial charge in [0.25, 0.3) is 0 Å². The average molecular weight is 311 g/mol. The summed E-state index contributed by atoms with van der Waals surface area (Å²) in [6.07, 6.45) is 0. The fraction of sp³-hybridized carbons (Fsp3) is 0. The number of hydrogen-bond donors (Lipinski definition) is 2. The van der Waals surface area contributed by atoms with E-state index in [1.54, 1.807) is 0 Å². The summed E-state index contributed by atoms with van der Waals surface area (Å²) in [5.41, 5.74) is 13.3. The molecule has 0 aliphatic carbocycles. The SMILES string of the molecule is N#Cc1c(N)nc(N)nc1-c1c2ccccc2cc2ccccc12. The first-order valence-corrected chi connectivity index (χ1v) is 7.43. The number of fused-ring (bicyclic) bond motifs is 2. The summed E-state index contributed by atoms with van der Waals surface area (Å²) in [5.74, 6) is 0.149. The third-order valence-electron chi connectivity index (χ3n) is 4.07. The van der Waals surface area contributed by atoms with Crippen LogP contribution in [-0.4, -0.2) is 9.97 Å². The smallest absolute Gasteiger partial charge is 0.222 e. The third-order valence-corrected chi connectivity index (χ3v) is 4.07. The van der Waals surface area contributed by atoms with E-state index in [0.29, 0.717) is 5.69 Å². The molecule has 24 heavy (non-hydrogen) atoms. The summed E-state index contributed by atoms with van der Waals surface area (Å²) in [4.78, 5) is 8.25. The molecule has 1 aromatic heterocycles. The minimum absolute atomic E-state index is 0.0542. The van der Waals surface area contributed by atoms with Gasteiger partial charge in [0.15, 0.2) is 0 Å². The average Bonchev–Trinajstić information content (AvgIpc) is 2.59. The van der Waals surface area contributed by atoms with Gasteiger partial charge in [0, 0.05) is 5.56 Å². The normalized spacial score (nSPS) is 10.8. The van der Waals surface area contributed by atoms with Crippen LogP contribution in [0.1, 0.15) is 5.56 Å². The van der Waals surface area contributed by atoms with Crippen molar-refractivity contribution in [2.24, 2.45) is 0 Å². The molecule has 0 saturated heterocycles. The molecule has 0 aliphatic rings. The minimum Gasteiger partial charge on any atom is -0.382 e. The second kappa shape index (κ2) is 5.21. The first kappa shape index (κ1) is 14.0. The highest BCUT2D eigenvalue weighted by Crippen LogP contribution is 2.37. The van der Waals surface area contributed by atoms with E-state index >= 15 is 0 Å². The molecule has 0 unspecified atom stereocenters. The van der Waals surface area contributed by atoms with E-state index in [2.05, 4.69) is 22.1 Å². The molecule has 0 atom stereocenters. The summed E-state index contributed by atoms with van der Waals surface area (Å²) in [6, 6.07) is 20.2. The molecule has 3 aromatic carbocycles. The number of anilines is 2. The highest BCUT2D eigenvalue weighted by molar-refractivity contribution is 6.13. The van der Waals surface area contributed by atoms with Crippen molar-refractivity contribution in [1.82, 2.24) is 9.97 Å². The predicted molar refractivity (Wildman–Crippen MR) is 96.0 cm³/mol. The largest absolute Gasteiger partial charge is 0.382 e. The van der Waals surface area contributed by atoms with Crippen molar-refractivity contribution in [2.45, 2.75) is 0 Å². The molecule has 0 saturated carbocycles. The van der Waals surface area contributed by atoms with Crippen molar-refractivity contribution in [3.05, 3.63) is 60.2 Å². The molecule has 0 aliphatic heterocycles. The number of nitrogen functional groups attached to an aromatic ring is 2. The van der Waals surface area contributed by atoms with E-state index < -0.39 is 0 Å². The Labute approximate surface area is 138 Å². The van der Waals surface area contributed by atoms with Gasteiger partial charge in [-0.05, 0) is 27.6 Å². The van der Waals surface area contributed by atoms with Crippen molar-refractivity contribution >= 4 is 33.3 Å². The minimum atomic E-state index is 0.0542. The van der Waals surface area contributed by atoms with E-state index in [-0.39, 0.29) is 17.3 Å². The lowest BCUT2D eigenvalue weighted by Gasteiger charge is -2.13. The van der Waals surface area contributed by atoms with E-state index in [1.165, 1.54) is 0 Å². The van der Waals surface area contributed by atoms with Crippen LogP contribution in [0.2, 0.25) is 0 Å². The van der Waals surface area contributed by atoms with Crippen LogP contribution in [0.15, 0.2) is 54.6 Å². The molecule has 114 valence electrons. The number of aromatic nitrogens is 2. The van der Waals surface area contributed by atoms with Crippen LogP contribution in [0.5, 0.6) is 0 Å². The first-order valence-electron chi connectivity index (χ1n) is 7.43. The maximum absolute atomic E-state index is 9.54. The van der Waals surface area contributed by atoms with Crippen LogP contribution in [0.25, 0.3) is 32.8 Å². The molecule has 0 amide bonds. The maximum atomic E-state index is 9.54. The molecule has 0 spiro atoms. The number of nitrogens with zero attached hydrogens (tertiary/aromatic N) is 3. The lowest BCUT2D eigenvalue weighted by molar-refractivity contribution is 1.19. The van der Waals surface area contributed by atoms with Gasteiger partial charge in [-0.15, -0.1) is 0 Å². The van der Waals surface area contributed by atoms with E-state index in [4.69, 9.17) is 11.5 Å². The topological polar surface area (TPSA) is 102 Å². The summed E-state index contributed by atoms with van der Waals surface area (Å²) >= 11 is 0. The monoisotopic (exact) mass is 311 g/mol. The van der Waals surface area contributed by atoms with Gasteiger partial charge in [0.05, 0.1) is 5.69 Å². The molecule has 0 bridgehead atoms. The molecule has 0 fully saturated rings. The Balaban J connectivity index is 2.26. The summed E-state index contributed by atoms with van der Waals surface area (Å²) in [5, 5.41) is 13.6. The standard InChI is InChI=1S/C19H13N5/c20-10-15-17(23-19(22)24-18(15)21)16-13-7-3-1-5-11(13)9-12-6-2-4-8-14(12)16/h1-9H,(H4,21,22,23,24). The zero-order valence-electron chi connectivity index (χ0n) is 12.7. The van der Waals surface area contributed by atoms with E-state index in [0.717, 1.165) is 27.1 Å². The zero-order valence-corrected chi connectivity index (χ0v) is 12.7. The first-order chi connectivity index (χ1) is 11.7. The number of nitriles is 1. The van der Waals surface area contributed by atoms with Crippen LogP contribution in [0.3, 0.4) is 0 Å². The molecule has 1 heterocycles. The maximum Gasteiger partial charge on any atom is 0.222 e. The van der Waals surface area contributed by atoms with Gasteiger partial charge in [-0.2, -0.15) is 10.2 Å². The Morgan fingerprint density at radius 3 is 2.00 bits per heavy atom. The highest BCUT2D eigenvalue weighted by atomic mass is 15.0. The molecular weight excluding hydrogens is 298 g/mol. The van der Waals surface area contributed by atoms with Crippen LogP contribution in [0, 0.1) is 11.3 Å². The number of rotatable bonds is 1. The van der Waals surface area contributed by atoms with Crippen molar-refractivity contribution in [2.75, 3.05) is 11.5 Å². The van der Waals surface area contributed by atoms with E-state index in [1.807, 2.05) is 48.5 Å². The van der Waals surface area contributed by atoms with Crippen molar-refractivity contribution < 1.29 is 0 Å². The van der Waals surface area contributed by atoms with Gasteiger partial charge in [-0.1, -0.05) is 48.5 Å². The third kappa shape index (κ3) is 2.02. The predicted octanol–water partition coefficient (Wildman–Crippen LogP) is 3.49. The van der Waals surface area contributed by atoms with Gasteiger partial charge in [-0.3, -0.25) is 0 Å². The van der Waals surface area contributed by atoms with Crippen LogP contribution < -0.4 is 11.5 Å². The number of hydrogen-bond acceptors (Lipinski definition) is 5. The summed E-state index contributed by atoms with van der Waals surface area (Å²) in [7, 11) is 0. The van der Waals surface area contributed by atoms with Gasteiger partial charge in [0.1, 0.15) is 17.5 Å². The second-order valence-corrected chi connectivity index (χ2v) is 5.50. The molecule has 5 heteroatoms. The lowest BCUT2D eigenvalue weighted by atomic mass is 9.93. The van der Waals surface area contributed by atoms with Crippen molar-refractivity contribution in [3.63, 3.8) is 0 Å². The zero-order chi connectivity index (χ0) is 16.7. The van der Waals surface area contributed by atoms with Crippen molar-refractivity contribution in [3.8, 4) is 17.3 Å². The number of benzene rings is 3. The quantitative estimate of drug-likeness (QED) is 0.524. The van der Waals surface area contributed by atoms with Crippen LogP contribution in [0.4, 0.5) is 11.8 Å². The molecule has 4 aromatic rings.